The molecule has 1 fully saturated rings. The molecule has 1 aromatic rings. The summed E-state index contributed by atoms with van der Waals surface area (Å²) in [6, 6.07) is 6.50. The summed E-state index contributed by atoms with van der Waals surface area (Å²) in [5, 5.41) is 0. The molecule has 1 atom stereocenters. The quantitative estimate of drug-likeness (QED) is 0.926. The van der Waals surface area contributed by atoms with Crippen LogP contribution in [0.15, 0.2) is 18.2 Å². The summed E-state index contributed by atoms with van der Waals surface area (Å²) in [7, 11) is 0. The number of benzene rings is 1. The van der Waals surface area contributed by atoms with Crippen molar-refractivity contribution in [2.45, 2.75) is 32.7 Å². The van der Waals surface area contributed by atoms with Crippen LogP contribution < -0.4 is 15.2 Å². The Morgan fingerprint density at radius 1 is 1.19 bits per heavy atom. The van der Waals surface area contributed by atoms with E-state index in [2.05, 4.69) is 30.9 Å². The summed E-state index contributed by atoms with van der Waals surface area (Å²) in [4.78, 5) is 2.52. The summed E-state index contributed by atoms with van der Waals surface area (Å²) < 4.78 is 10.9. The first-order chi connectivity index (χ1) is 10.2. The third-order valence-electron chi connectivity index (χ3n) is 4.96. The zero-order valence-electron chi connectivity index (χ0n) is 13.0. The van der Waals surface area contributed by atoms with Gasteiger partial charge in [-0.1, -0.05) is 19.9 Å². The Balaban J connectivity index is 1.71. The van der Waals surface area contributed by atoms with Gasteiger partial charge in [0.15, 0.2) is 11.5 Å². The Hall–Kier alpha value is -1.26. The van der Waals surface area contributed by atoms with Crippen molar-refractivity contribution in [2.24, 2.45) is 17.6 Å². The van der Waals surface area contributed by atoms with Crippen molar-refractivity contribution in [1.29, 1.82) is 0 Å². The van der Waals surface area contributed by atoms with Crippen molar-refractivity contribution < 1.29 is 9.47 Å². The molecule has 0 aliphatic carbocycles. The van der Waals surface area contributed by atoms with Crippen LogP contribution in [-0.4, -0.2) is 31.3 Å². The lowest BCUT2D eigenvalue weighted by Gasteiger charge is -2.38. The Kier molecular flexibility index (Phi) is 4.36. The Labute approximate surface area is 127 Å². The van der Waals surface area contributed by atoms with E-state index in [0.717, 1.165) is 36.4 Å². The van der Waals surface area contributed by atoms with E-state index >= 15 is 0 Å². The number of rotatable bonds is 4. The normalized spacial score (nSPS) is 21.0. The first-order valence-electron chi connectivity index (χ1n) is 8.02. The van der Waals surface area contributed by atoms with Gasteiger partial charge in [0.1, 0.15) is 0 Å². The number of fused-ring (bicyclic) bond motifs is 1. The maximum absolute atomic E-state index is 6.06. The molecule has 2 aliphatic rings. The van der Waals surface area contributed by atoms with Crippen molar-refractivity contribution in [1.82, 2.24) is 4.90 Å². The average Bonchev–Trinajstić information content (AvgIpc) is 2.96. The Bertz CT molecular complexity index is 482. The molecule has 21 heavy (non-hydrogen) atoms. The van der Waals surface area contributed by atoms with Crippen LogP contribution in [0.3, 0.4) is 0 Å². The lowest BCUT2D eigenvalue weighted by molar-refractivity contribution is 0.117. The third-order valence-corrected chi connectivity index (χ3v) is 4.96. The monoisotopic (exact) mass is 290 g/mol. The topological polar surface area (TPSA) is 47.7 Å². The zero-order chi connectivity index (χ0) is 14.8. The van der Waals surface area contributed by atoms with E-state index in [0.29, 0.717) is 13.3 Å². The molecule has 0 spiro atoms. The molecular weight excluding hydrogens is 264 g/mol. The van der Waals surface area contributed by atoms with Gasteiger partial charge in [0.25, 0.3) is 0 Å². The van der Waals surface area contributed by atoms with Crippen molar-refractivity contribution in [2.75, 3.05) is 26.4 Å². The highest BCUT2D eigenvalue weighted by atomic mass is 16.7. The van der Waals surface area contributed by atoms with E-state index in [4.69, 9.17) is 15.2 Å². The Morgan fingerprint density at radius 2 is 1.90 bits per heavy atom. The van der Waals surface area contributed by atoms with Crippen LogP contribution in [0.1, 0.15) is 38.3 Å². The number of hydrogen-bond donors (Lipinski definition) is 1. The van der Waals surface area contributed by atoms with Gasteiger partial charge < -0.3 is 15.2 Å². The summed E-state index contributed by atoms with van der Waals surface area (Å²) in [6.45, 7) is 7.91. The molecular formula is C17H26N2O2. The summed E-state index contributed by atoms with van der Waals surface area (Å²) in [5.41, 5.74) is 7.30. The fourth-order valence-corrected chi connectivity index (χ4v) is 3.51. The second-order valence-electron chi connectivity index (χ2n) is 6.48. The minimum absolute atomic E-state index is 0.285. The molecule has 3 rings (SSSR count). The number of ether oxygens (including phenoxy) is 2. The molecule has 1 unspecified atom stereocenters. The molecule has 0 radical (unpaired) electrons. The fourth-order valence-electron chi connectivity index (χ4n) is 3.51. The lowest BCUT2D eigenvalue weighted by Crippen LogP contribution is -2.40. The second kappa shape index (κ2) is 6.24. The van der Waals surface area contributed by atoms with Gasteiger partial charge in [0.05, 0.1) is 0 Å². The maximum atomic E-state index is 6.06. The van der Waals surface area contributed by atoms with Crippen molar-refractivity contribution in [3.05, 3.63) is 23.8 Å². The smallest absolute Gasteiger partial charge is 0.231 e. The number of hydrogen-bond acceptors (Lipinski definition) is 4. The molecule has 116 valence electrons. The summed E-state index contributed by atoms with van der Waals surface area (Å²) in [5.74, 6) is 3.33. The second-order valence-corrected chi connectivity index (χ2v) is 6.48. The van der Waals surface area contributed by atoms with Crippen LogP contribution >= 0.6 is 0 Å². The number of piperidine rings is 1. The van der Waals surface area contributed by atoms with Gasteiger partial charge in [-0.3, -0.25) is 4.90 Å². The van der Waals surface area contributed by atoms with Gasteiger partial charge in [-0.05, 0) is 55.5 Å². The minimum Gasteiger partial charge on any atom is -0.454 e. The van der Waals surface area contributed by atoms with Gasteiger partial charge in [0, 0.05) is 12.6 Å². The predicted molar refractivity (Wildman–Crippen MR) is 83.5 cm³/mol. The van der Waals surface area contributed by atoms with Gasteiger partial charge in [-0.2, -0.15) is 0 Å². The first kappa shape index (κ1) is 14.7. The van der Waals surface area contributed by atoms with E-state index in [1.165, 1.54) is 18.4 Å². The largest absolute Gasteiger partial charge is 0.454 e. The molecule has 1 aromatic carbocycles. The fraction of sp³-hybridized carbons (Fsp3) is 0.647. The highest BCUT2D eigenvalue weighted by molar-refractivity contribution is 5.45. The van der Waals surface area contributed by atoms with Crippen molar-refractivity contribution in [3.8, 4) is 11.5 Å². The van der Waals surface area contributed by atoms with Crippen LogP contribution in [0, 0.1) is 11.8 Å². The molecule has 4 heteroatoms. The van der Waals surface area contributed by atoms with Gasteiger partial charge in [0.2, 0.25) is 6.79 Å². The van der Waals surface area contributed by atoms with Crippen LogP contribution in [0.25, 0.3) is 0 Å². The van der Waals surface area contributed by atoms with E-state index in [1.54, 1.807) is 0 Å². The summed E-state index contributed by atoms with van der Waals surface area (Å²) >= 11 is 0. The van der Waals surface area contributed by atoms with Crippen LogP contribution in [0.5, 0.6) is 11.5 Å². The van der Waals surface area contributed by atoms with Gasteiger partial charge >= 0.3 is 0 Å². The molecule has 2 heterocycles. The van der Waals surface area contributed by atoms with Crippen molar-refractivity contribution in [3.63, 3.8) is 0 Å². The molecule has 1 saturated heterocycles. The maximum Gasteiger partial charge on any atom is 0.231 e. The predicted octanol–water partition coefficient (Wildman–Crippen LogP) is 2.78. The molecule has 4 nitrogen and oxygen atoms in total. The molecule has 2 N–H and O–H groups in total. The van der Waals surface area contributed by atoms with E-state index in [1.807, 2.05) is 6.07 Å². The first-order valence-corrected chi connectivity index (χ1v) is 8.02. The van der Waals surface area contributed by atoms with Crippen LogP contribution in [0.4, 0.5) is 0 Å². The van der Waals surface area contributed by atoms with E-state index < -0.39 is 0 Å². The minimum atomic E-state index is 0.285. The number of nitrogens with two attached hydrogens (primary N) is 1. The summed E-state index contributed by atoms with van der Waals surface area (Å²) in [6.07, 6.45) is 2.55. The highest BCUT2D eigenvalue weighted by Gasteiger charge is 2.27. The SMILES string of the molecule is CC(C)C1CCN(C(CN)c2ccc3c(c2)OCO3)CC1. The van der Waals surface area contributed by atoms with E-state index in [-0.39, 0.29) is 6.04 Å². The van der Waals surface area contributed by atoms with E-state index in [9.17, 15) is 0 Å². The molecule has 0 amide bonds. The third kappa shape index (κ3) is 3.01. The van der Waals surface area contributed by atoms with Gasteiger partial charge in [-0.15, -0.1) is 0 Å². The zero-order valence-corrected chi connectivity index (χ0v) is 13.0. The standard InChI is InChI=1S/C17H26N2O2/c1-12(2)13-5-7-19(8-6-13)15(10-18)14-3-4-16-17(9-14)21-11-20-16/h3-4,9,12-13,15H,5-8,10-11,18H2,1-2H3. The highest BCUT2D eigenvalue weighted by Crippen LogP contribution is 2.36. The van der Waals surface area contributed by atoms with Gasteiger partial charge in [-0.25, -0.2) is 0 Å². The Morgan fingerprint density at radius 3 is 2.57 bits per heavy atom. The molecule has 0 saturated carbocycles. The average molecular weight is 290 g/mol. The molecule has 0 bridgehead atoms. The number of nitrogens with zero attached hydrogens (tertiary/aromatic N) is 1. The van der Waals surface area contributed by atoms with Crippen molar-refractivity contribution >= 4 is 0 Å². The number of likely N-dealkylation sites (tertiary alicyclic amines) is 1. The van der Waals surface area contributed by atoms with Crippen LogP contribution in [-0.2, 0) is 0 Å². The van der Waals surface area contributed by atoms with Crippen LogP contribution in [0.2, 0.25) is 0 Å². The molecule has 2 aliphatic heterocycles. The molecule has 0 aromatic heterocycles. The lowest BCUT2D eigenvalue weighted by atomic mass is 9.86.